The monoisotopic (exact) mass is 250 g/mol. The van der Waals surface area contributed by atoms with Gasteiger partial charge in [-0.3, -0.25) is 0 Å². The molecule has 0 saturated carbocycles. The fourth-order valence-corrected chi connectivity index (χ4v) is 1.90. The van der Waals surface area contributed by atoms with E-state index < -0.39 is 0 Å². The Kier molecular flexibility index (Phi) is 7.26. The van der Waals surface area contributed by atoms with E-state index in [4.69, 9.17) is 4.74 Å². The molecule has 0 unspecified atom stereocenters. The Balaban J connectivity index is 2.44. The van der Waals surface area contributed by atoms with Crippen molar-refractivity contribution in [1.29, 1.82) is 0 Å². The van der Waals surface area contributed by atoms with E-state index in [0.717, 1.165) is 45.0 Å². The Morgan fingerprint density at radius 2 is 1.89 bits per heavy atom. The van der Waals surface area contributed by atoms with E-state index in [2.05, 4.69) is 49.2 Å². The number of hydrogen-bond donors (Lipinski definition) is 1. The first-order chi connectivity index (χ1) is 8.81. The topological polar surface area (TPSA) is 24.5 Å². The minimum absolute atomic E-state index is 0.724. The Labute approximate surface area is 111 Å². The third-order valence-electron chi connectivity index (χ3n) is 2.92. The highest BCUT2D eigenvalue weighted by Crippen LogP contribution is 2.20. The zero-order valence-electron chi connectivity index (χ0n) is 11.9. The number of hydrogen-bond acceptors (Lipinski definition) is 3. The molecule has 3 nitrogen and oxygen atoms in total. The van der Waals surface area contributed by atoms with E-state index in [0.29, 0.717) is 0 Å². The summed E-state index contributed by atoms with van der Waals surface area (Å²) in [7, 11) is 0. The second kappa shape index (κ2) is 8.81. The van der Waals surface area contributed by atoms with Gasteiger partial charge in [0.25, 0.3) is 0 Å². The molecule has 0 aliphatic rings. The van der Waals surface area contributed by atoms with Gasteiger partial charge < -0.3 is 15.0 Å². The summed E-state index contributed by atoms with van der Waals surface area (Å²) in [6.45, 7) is 11.3. The molecule has 0 saturated heterocycles. The van der Waals surface area contributed by atoms with Crippen molar-refractivity contribution in [1.82, 2.24) is 5.32 Å². The molecule has 0 aliphatic heterocycles. The molecule has 0 amide bonds. The molecule has 1 rings (SSSR count). The van der Waals surface area contributed by atoms with Crippen LogP contribution >= 0.6 is 0 Å². The van der Waals surface area contributed by atoms with Crippen molar-refractivity contribution < 1.29 is 4.74 Å². The van der Waals surface area contributed by atoms with Crippen molar-refractivity contribution >= 4 is 5.69 Å². The standard InChI is InChI=1S/C15H26N2O/c1-4-10-16-11-12-18-15-9-7-8-14(13-15)17(5-2)6-3/h7-9,13,16H,4-6,10-12H2,1-3H3. The maximum absolute atomic E-state index is 5.74. The zero-order valence-corrected chi connectivity index (χ0v) is 11.9. The molecule has 0 bridgehead atoms. The lowest BCUT2D eigenvalue weighted by molar-refractivity contribution is 0.314. The van der Waals surface area contributed by atoms with Crippen LogP contribution in [0.5, 0.6) is 5.75 Å². The van der Waals surface area contributed by atoms with Gasteiger partial charge in [0.2, 0.25) is 0 Å². The van der Waals surface area contributed by atoms with E-state index in [1.54, 1.807) is 0 Å². The van der Waals surface area contributed by atoms with Crippen LogP contribution < -0.4 is 15.0 Å². The van der Waals surface area contributed by atoms with Gasteiger partial charge in [-0.25, -0.2) is 0 Å². The first kappa shape index (κ1) is 14.8. The summed E-state index contributed by atoms with van der Waals surface area (Å²) in [4.78, 5) is 2.32. The van der Waals surface area contributed by atoms with Crippen LogP contribution in [-0.2, 0) is 0 Å². The average molecular weight is 250 g/mol. The van der Waals surface area contributed by atoms with Crippen molar-refractivity contribution in [2.75, 3.05) is 37.7 Å². The first-order valence-corrected chi connectivity index (χ1v) is 7.00. The molecule has 0 aromatic heterocycles. The number of anilines is 1. The lowest BCUT2D eigenvalue weighted by atomic mass is 10.2. The molecule has 0 heterocycles. The van der Waals surface area contributed by atoms with Gasteiger partial charge in [-0.15, -0.1) is 0 Å². The molecule has 18 heavy (non-hydrogen) atoms. The molecule has 1 aromatic rings. The third kappa shape index (κ3) is 4.96. The molecule has 0 aliphatic carbocycles. The molecule has 0 spiro atoms. The molecule has 3 heteroatoms. The second-order valence-corrected chi connectivity index (χ2v) is 4.27. The fourth-order valence-electron chi connectivity index (χ4n) is 1.90. The van der Waals surface area contributed by atoms with Gasteiger partial charge in [0, 0.05) is 31.4 Å². The molecule has 0 radical (unpaired) electrons. The van der Waals surface area contributed by atoms with Crippen LogP contribution in [0.1, 0.15) is 27.2 Å². The Hall–Kier alpha value is -1.22. The van der Waals surface area contributed by atoms with Crippen LogP contribution in [0.3, 0.4) is 0 Å². The van der Waals surface area contributed by atoms with Crippen LogP contribution in [0.4, 0.5) is 5.69 Å². The van der Waals surface area contributed by atoms with Gasteiger partial charge in [0.1, 0.15) is 12.4 Å². The van der Waals surface area contributed by atoms with E-state index >= 15 is 0 Å². The van der Waals surface area contributed by atoms with Gasteiger partial charge in [-0.1, -0.05) is 13.0 Å². The lowest BCUT2D eigenvalue weighted by Gasteiger charge is -2.21. The van der Waals surface area contributed by atoms with Crippen molar-refractivity contribution in [3.63, 3.8) is 0 Å². The van der Waals surface area contributed by atoms with E-state index in [1.165, 1.54) is 5.69 Å². The highest BCUT2D eigenvalue weighted by atomic mass is 16.5. The maximum Gasteiger partial charge on any atom is 0.121 e. The number of nitrogens with zero attached hydrogens (tertiary/aromatic N) is 1. The molecule has 1 N–H and O–H groups in total. The normalized spacial score (nSPS) is 10.4. The summed E-state index contributed by atoms with van der Waals surface area (Å²) in [5.74, 6) is 0.956. The van der Waals surface area contributed by atoms with E-state index in [-0.39, 0.29) is 0 Å². The average Bonchev–Trinajstić information content (AvgIpc) is 2.40. The van der Waals surface area contributed by atoms with Crippen molar-refractivity contribution in [2.45, 2.75) is 27.2 Å². The van der Waals surface area contributed by atoms with Crippen LogP contribution in [0.25, 0.3) is 0 Å². The third-order valence-corrected chi connectivity index (χ3v) is 2.92. The molecule has 102 valence electrons. The first-order valence-electron chi connectivity index (χ1n) is 7.00. The van der Waals surface area contributed by atoms with Gasteiger partial charge in [-0.05, 0) is 38.9 Å². The Morgan fingerprint density at radius 3 is 2.56 bits per heavy atom. The smallest absolute Gasteiger partial charge is 0.121 e. The molecular weight excluding hydrogens is 224 g/mol. The van der Waals surface area contributed by atoms with Gasteiger partial charge in [-0.2, -0.15) is 0 Å². The minimum atomic E-state index is 0.724. The highest BCUT2D eigenvalue weighted by molar-refractivity contribution is 5.50. The van der Waals surface area contributed by atoms with Crippen LogP contribution in [0, 0.1) is 0 Å². The summed E-state index contributed by atoms with van der Waals surface area (Å²) in [6.07, 6.45) is 1.16. The van der Waals surface area contributed by atoms with Gasteiger partial charge in [0.15, 0.2) is 0 Å². The van der Waals surface area contributed by atoms with Gasteiger partial charge >= 0.3 is 0 Å². The maximum atomic E-state index is 5.74. The minimum Gasteiger partial charge on any atom is -0.492 e. The number of ether oxygens (including phenoxy) is 1. The second-order valence-electron chi connectivity index (χ2n) is 4.27. The van der Waals surface area contributed by atoms with Crippen molar-refractivity contribution in [2.24, 2.45) is 0 Å². The summed E-state index contributed by atoms with van der Waals surface area (Å²) in [6, 6.07) is 8.33. The predicted octanol–water partition coefficient (Wildman–Crippen LogP) is 2.91. The van der Waals surface area contributed by atoms with Gasteiger partial charge in [0.05, 0.1) is 0 Å². The SMILES string of the molecule is CCCNCCOc1cccc(N(CC)CC)c1. The largest absolute Gasteiger partial charge is 0.492 e. The number of nitrogens with one attached hydrogen (secondary N) is 1. The van der Waals surface area contributed by atoms with E-state index in [1.807, 2.05) is 6.07 Å². The van der Waals surface area contributed by atoms with Crippen molar-refractivity contribution in [3.8, 4) is 5.75 Å². The number of rotatable bonds is 9. The molecule has 0 fully saturated rings. The summed E-state index contributed by atoms with van der Waals surface area (Å²) in [5.41, 5.74) is 1.24. The molecular formula is C15H26N2O. The molecule has 1 aromatic carbocycles. The fraction of sp³-hybridized carbons (Fsp3) is 0.600. The summed E-state index contributed by atoms with van der Waals surface area (Å²) < 4.78 is 5.74. The summed E-state index contributed by atoms with van der Waals surface area (Å²) >= 11 is 0. The quantitative estimate of drug-likeness (QED) is 0.682. The number of benzene rings is 1. The highest BCUT2D eigenvalue weighted by Gasteiger charge is 2.02. The van der Waals surface area contributed by atoms with Crippen molar-refractivity contribution in [3.05, 3.63) is 24.3 Å². The predicted molar refractivity (Wildman–Crippen MR) is 78.7 cm³/mol. The van der Waals surface area contributed by atoms with Crippen LogP contribution in [0.2, 0.25) is 0 Å². The Bertz CT molecular complexity index is 324. The van der Waals surface area contributed by atoms with Crippen LogP contribution in [-0.4, -0.2) is 32.8 Å². The lowest BCUT2D eigenvalue weighted by Crippen LogP contribution is -2.22. The zero-order chi connectivity index (χ0) is 13.2. The Morgan fingerprint density at radius 1 is 1.11 bits per heavy atom. The van der Waals surface area contributed by atoms with E-state index in [9.17, 15) is 0 Å². The van der Waals surface area contributed by atoms with Crippen LogP contribution in [0.15, 0.2) is 24.3 Å². The molecule has 0 atom stereocenters. The summed E-state index contributed by atoms with van der Waals surface area (Å²) in [5, 5.41) is 3.33.